The molecule has 0 bridgehead atoms. The molecule has 1 unspecified atom stereocenters. The van der Waals surface area contributed by atoms with Crippen molar-refractivity contribution in [2.24, 2.45) is 5.92 Å². The molecule has 2 aromatic rings. The first-order valence-electron chi connectivity index (χ1n) is 6.58. The number of alkyl halides is 2. The molecular weight excluding hydrogens is 264 g/mol. The van der Waals surface area contributed by atoms with Crippen LogP contribution in [0.15, 0.2) is 30.6 Å². The summed E-state index contributed by atoms with van der Waals surface area (Å²) in [4.78, 5) is 4.17. The van der Waals surface area contributed by atoms with Gasteiger partial charge in [-0.3, -0.25) is 10.3 Å². The SMILES string of the molecule is CC(C)CC(O)(NCn1ccc2ncccc21)C(F)F. The van der Waals surface area contributed by atoms with Gasteiger partial charge in [0.15, 0.2) is 5.72 Å². The van der Waals surface area contributed by atoms with Crippen molar-refractivity contribution in [1.29, 1.82) is 0 Å². The van der Waals surface area contributed by atoms with Gasteiger partial charge in [-0.1, -0.05) is 13.8 Å². The van der Waals surface area contributed by atoms with Gasteiger partial charge in [0.05, 0.1) is 17.7 Å². The lowest BCUT2D eigenvalue weighted by molar-refractivity contribution is -0.133. The Balaban J connectivity index is 2.13. The van der Waals surface area contributed by atoms with Crippen LogP contribution in [0.5, 0.6) is 0 Å². The van der Waals surface area contributed by atoms with E-state index in [0.717, 1.165) is 11.0 Å². The Bertz CT molecular complexity index is 570. The highest BCUT2D eigenvalue weighted by Crippen LogP contribution is 2.22. The third-order valence-corrected chi connectivity index (χ3v) is 3.17. The summed E-state index contributed by atoms with van der Waals surface area (Å²) in [6, 6.07) is 5.45. The van der Waals surface area contributed by atoms with Gasteiger partial charge in [-0.25, -0.2) is 8.78 Å². The molecule has 6 heteroatoms. The van der Waals surface area contributed by atoms with Crippen LogP contribution in [0.1, 0.15) is 20.3 Å². The summed E-state index contributed by atoms with van der Waals surface area (Å²) in [6.45, 7) is 3.69. The summed E-state index contributed by atoms with van der Waals surface area (Å²) in [7, 11) is 0. The summed E-state index contributed by atoms with van der Waals surface area (Å²) < 4.78 is 27.9. The molecule has 0 saturated heterocycles. The summed E-state index contributed by atoms with van der Waals surface area (Å²) in [6.07, 6.45) is 0.576. The van der Waals surface area contributed by atoms with E-state index in [4.69, 9.17) is 0 Å². The van der Waals surface area contributed by atoms with Gasteiger partial charge in [-0.15, -0.1) is 0 Å². The number of pyridine rings is 1. The van der Waals surface area contributed by atoms with Gasteiger partial charge in [0.1, 0.15) is 0 Å². The fourth-order valence-electron chi connectivity index (χ4n) is 2.24. The van der Waals surface area contributed by atoms with Crippen LogP contribution in [0.25, 0.3) is 11.0 Å². The van der Waals surface area contributed by atoms with Gasteiger partial charge in [-0.05, 0) is 30.5 Å². The van der Waals surface area contributed by atoms with Crippen molar-refractivity contribution in [1.82, 2.24) is 14.9 Å². The first-order valence-corrected chi connectivity index (χ1v) is 6.58. The molecule has 0 aliphatic carbocycles. The second kappa shape index (κ2) is 5.85. The van der Waals surface area contributed by atoms with Gasteiger partial charge < -0.3 is 9.67 Å². The average Bonchev–Trinajstić information content (AvgIpc) is 2.78. The molecule has 0 fully saturated rings. The van der Waals surface area contributed by atoms with Crippen LogP contribution in [0.2, 0.25) is 0 Å². The van der Waals surface area contributed by atoms with Gasteiger partial charge in [0, 0.05) is 12.4 Å². The normalized spacial score (nSPS) is 15.2. The molecule has 0 saturated carbocycles. The summed E-state index contributed by atoms with van der Waals surface area (Å²) in [5, 5.41) is 12.6. The van der Waals surface area contributed by atoms with Crippen molar-refractivity contribution < 1.29 is 13.9 Å². The highest BCUT2D eigenvalue weighted by Gasteiger charge is 2.37. The Labute approximate surface area is 116 Å². The Hall–Kier alpha value is -1.53. The Kier molecular flexibility index (Phi) is 4.35. The zero-order valence-electron chi connectivity index (χ0n) is 11.6. The Morgan fingerprint density at radius 1 is 1.40 bits per heavy atom. The molecule has 0 aliphatic rings. The third kappa shape index (κ3) is 3.13. The second-order valence-corrected chi connectivity index (χ2v) is 5.35. The number of nitrogens with one attached hydrogen (secondary N) is 1. The zero-order chi connectivity index (χ0) is 14.8. The lowest BCUT2D eigenvalue weighted by atomic mass is 10.0. The standard InChI is InChI=1S/C14H19F2N3O/c1-10(2)8-14(20,13(15)16)18-9-19-7-5-11-12(19)4-3-6-17-11/h3-7,10,13,18,20H,8-9H2,1-2H3. The fourth-order valence-corrected chi connectivity index (χ4v) is 2.24. The first kappa shape index (κ1) is 14.9. The lowest BCUT2D eigenvalue weighted by Crippen LogP contribution is -2.52. The zero-order valence-corrected chi connectivity index (χ0v) is 11.6. The number of halogens is 2. The lowest BCUT2D eigenvalue weighted by Gasteiger charge is -2.30. The van der Waals surface area contributed by atoms with Crippen molar-refractivity contribution in [3.05, 3.63) is 30.6 Å². The van der Waals surface area contributed by atoms with Crippen LogP contribution in [0, 0.1) is 5.92 Å². The van der Waals surface area contributed by atoms with Gasteiger partial charge >= 0.3 is 0 Å². The predicted octanol–water partition coefficient (Wildman–Crippen LogP) is 2.58. The minimum atomic E-state index is -2.84. The quantitative estimate of drug-likeness (QED) is 0.801. The fraction of sp³-hybridized carbons (Fsp3) is 0.500. The maximum Gasteiger partial charge on any atom is 0.280 e. The number of aromatic nitrogens is 2. The minimum absolute atomic E-state index is 0.0118. The third-order valence-electron chi connectivity index (χ3n) is 3.17. The molecule has 20 heavy (non-hydrogen) atoms. The summed E-state index contributed by atoms with van der Waals surface area (Å²) >= 11 is 0. The van der Waals surface area contributed by atoms with Crippen molar-refractivity contribution in [2.45, 2.75) is 39.1 Å². The number of aliphatic hydroxyl groups is 1. The first-order chi connectivity index (χ1) is 9.42. The Morgan fingerprint density at radius 3 is 2.80 bits per heavy atom. The molecule has 0 spiro atoms. The van der Waals surface area contributed by atoms with Crippen LogP contribution >= 0.6 is 0 Å². The van der Waals surface area contributed by atoms with Crippen LogP contribution < -0.4 is 5.32 Å². The van der Waals surface area contributed by atoms with Gasteiger partial charge in [0.25, 0.3) is 6.43 Å². The molecule has 110 valence electrons. The van der Waals surface area contributed by atoms with Gasteiger partial charge in [-0.2, -0.15) is 0 Å². The molecule has 2 aromatic heterocycles. The molecule has 0 aromatic carbocycles. The van der Waals surface area contributed by atoms with E-state index < -0.39 is 12.2 Å². The topological polar surface area (TPSA) is 50.1 Å². The molecule has 0 aliphatic heterocycles. The van der Waals surface area contributed by atoms with Crippen LogP contribution in [0.3, 0.4) is 0 Å². The molecule has 4 nitrogen and oxygen atoms in total. The number of fused-ring (bicyclic) bond motifs is 1. The number of rotatable bonds is 6. The van der Waals surface area contributed by atoms with Crippen LogP contribution in [0.4, 0.5) is 8.78 Å². The summed E-state index contributed by atoms with van der Waals surface area (Å²) in [5.41, 5.74) is -0.549. The van der Waals surface area contributed by atoms with E-state index in [-0.39, 0.29) is 19.0 Å². The molecule has 2 rings (SSSR count). The average molecular weight is 283 g/mol. The largest absolute Gasteiger partial charge is 0.370 e. The number of nitrogens with zero attached hydrogens (tertiary/aromatic N) is 2. The Morgan fingerprint density at radius 2 is 2.15 bits per heavy atom. The van der Waals surface area contributed by atoms with E-state index >= 15 is 0 Å². The van der Waals surface area contributed by atoms with Crippen molar-refractivity contribution in [3.8, 4) is 0 Å². The van der Waals surface area contributed by atoms with Gasteiger partial charge in [0.2, 0.25) is 0 Å². The molecule has 2 heterocycles. The van der Waals surface area contributed by atoms with Crippen LogP contribution in [-0.2, 0) is 6.67 Å². The van der Waals surface area contributed by atoms with E-state index in [0.29, 0.717) is 0 Å². The molecule has 0 radical (unpaired) electrons. The van der Waals surface area contributed by atoms with E-state index in [9.17, 15) is 13.9 Å². The number of hydrogen-bond donors (Lipinski definition) is 2. The monoisotopic (exact) mass is 283 g/mol. The predicted molar refractivity (Wildman–Crippen MR) is 73.3 cm³/mol. The molecule has 2 N–H and O–H groups in total. The second-order valence-electron chi connectivity index (χ2n) is 5.35. The summed E-state index contributed by atoms with van der Waals surface area (Å²) in [5.74, 6) is -0.0374. The molecular formula is C14H19F2N3O. The molecule has 0 amide bonds. The maximum absolute atomic E-state index is 13.1. The highest BCUT2D eigenvalue weighted by atomic mass is 19.3. The van der Waals surface area contributed by atoms with Crippen LogP contribution in [-0.4, -0.2) is 26.8 Å². The maximum atomic E-state index is 13.1. The number of hydrogen-bond acceptors (Lipinski definition) is 3. The van der Waals surface area contributed by atoms with Crippen molar-refractivity contribution in [2.75, 3.05) is 0 Å². The smallest absolute Gasteiger partial charge is 0.280 e. The van der Waals surface area contributed by atoms with E-state index in [1.165, 1.54) is 0 Å². The van der Waals surface area contributed by atoms with E-state index in [2.05, 4.69) is 10.3 Å². The van der Waals surface area contributed by atoms with Crippen molar-refractivity contribution >= 4 is 11.0 Å². The van der Waals surface area contributed by atoms with E-state index in [1.807, 2.05) is 6.07 Å². The highest BCUT2D eigenvalue weighted by molar-refractivity contribution is 5.75. The van der Waals surface area contributed by atoms with Crippen molar-refractivity contribution in [3.63, 3.8) is 0 Å². The van der Waals surface area contributed by atoms with E-state index in [1.54, 1.807) is 42.9 Å². The minimum Gasteiger partial charge on any atom is -0.370 e. The molecule has 1 atom stereocenters.